The number of benzene rings is 3. The topological polar surface area (TPSA) is 120 Å². The van der Waals surface area contributed by atoms with Crippen molar-refractivity contribution >= 4 is 41.2 Å². The summed E-state index contributed by atoms with van der Waals surface area (Å²) in [5, 5.41) is 12.5. The number of halogens is 2. The lowest BCUT2D eigenvalue weighted by Crippen LogP contribution is -2.18. The van der Waals surface area contributed by atoms with E-state index in [1.54, 1.807) is 60.8 Å². The van der Waals surface area contributed by atoms with Crippen molar-refractivity contribution in [1.29, 1.82) is 0 Å². The minimum Gasteiger partial charge on any atom is -0.493 e. The molecule has 1 amide bonds. The highest BCUT2D eigenvalue weighted by Gasteiger charge is 2.27. The number of hydrogen-bond acceptors (Lipinski definition) is 7. The molecule has 0 saturated heterocycles. The summed E-state index contributed by atoms with van der Waals surface area (Å²) in [4.78, 5) is 32.3. The Morgan fingerprint density at radius 1 is 1.03 bits per heavy atom. The maximum absolute atomic E-state index is 12.8. The van der Waals surface area contributed by atoms with Crippen LogP contribution in [0.15, 0.2) is 72.9 Å². The largest absolute Gasteiger partial charge is 0.506 e. The van der Waals surface area contributed by atoms with E-state index in [4.69, 9.17) is 42.5 Å². The molecule has 0 saturated carbocycles. The van der Waals surface area contributed by atoms with E-state index in [1.165, 1.54) is 0 Å². The van der Waals surface area contributed by atoms with Crippen LogP contribution in [-0.2, 0) is 4.74 Å². The van der Waals surface area contributed by atoms with Crippen molar-refractivity contribution in [3.8, 4) is 28.5 Å². The lowest BCUT2D eigenvalue weighted by Gasteiger charge is -2.25. The number of hydrogen-bond donors (Lipinski definition) is 2. The minimum atomic E-state index is -1.37. The van der Waals surface area contributed by atoms with Crippen LogP contribution >= 0.6 is 23.2 Å². The van der Waals surface area contributed by atoms with Gasteiger partial charge < -0.3 is 19.3 Å². The molecule has 1 aliphatic rings. The smallest absolute Gasteiger partial charge is 0.493 e. The third-order valence-corrected chi connectivity index (χ3v) is 6.20. The molecule has 0 aliphatic carbocycles. The lowest BCUT2D eigenvalue weighted by atomic mass is 10.0. The SMILES string of the molecule is O=C(O)OC1CCOc2cc(Oc3ccc(C(=O)Nc4nccc(-c5ccc(Cl)cc5)n4)cc3)c(Cl)cc21. The third-order valence-electron chi connectivity index (χ3n) is 5.66. The number of ether oxygens (including phenoxy) is 3. The summed E-state index contributed by atoms with van der Waals surface area (Å²) in [5.41, 5.74) is 2.38. The standard InChI is InChI=1S/C27H19Cl2N3O6/c28-17-5-1-15(2-6-17)21-9-11-30-26(31-21)32-25(33)16-3-7-18(8-4-16)37-24-14-23-19(13-20(24)29)22(10-12-36-23)38-27(34)35/h1-9,11,13-14,22H,10,12H2,(H,34,35)(H,30,31,32,33). The average molecular weight is 552 g/mol. The summed E-state index contributed by atoms with van der Waals surface area (Å²) in [5.74, 6) is 0.937. The zero-order valence-electron chi connectivity index (χ0n) is 19.6. The van der Waals surface area contributed by atoms with Crippen LogP contribution in [0.2, 0.25) is 10.0 Å². The third kappa shape index (κ3) is 5.80. The van der Waals surface area contributed by atoms with E-state index in [0.29, 0.717) is 52.1 Å². The lowest BCUT2D eigenvalue weighted by molar-refractivity contribution is 0.0326. The summed E-state index contributed by atoms with van der Waals surface area (Å²) in [6.45, 7) is 0.294. The Kier molecular flexibility index (Phi) is 7.30. The first-order valence-corrected chi connectivity index (χ1v) is 12.2. The molecule has 2 N–H and O–H groups in total. The second kappa shape index (κ2) is 11.0. The van der Waals surface area contributed by atoms with Gasteiger partial charge in [-0.25, -0.2) is 14.8 Å². The highest BCUT2D eigenvalue weighted by Crippen LogP contribution is 2.42. The normalized spacial score (nSPS) is 14.1. The number of carbonyl (C=O) groups excluding carboxylic acids is 1. The number of carboxylic acid groups (broad SMARTS) is 1. The van der Waals surface area contributed by atoms with Gasteiger partial charge in [-0.1, -0.05) is 35.3 Å². The maximum atomic E-state index is 12.8. The highest BCUT2D eigenvalue weighted by molar-refractivity contribution is 6.32. The quantitative estimate of drug-likeness (QED) is 0.245. The molecule has 0 radical (unpaired) electrons. The van der Waals surface area contributed by atoms with E-state index in [2.05, 4.69) is 15.3 Å². The number of rotatable bonds is 6. The summed E-state index contributed by atoms with van der Waals surface area (Å²) in [6.07, 6.45) is -0.0952. The molecule has 1 aliphatic heterocycles. The minimum absolute atomic E-state index is 0.161. The molecule has 2 heterocycles. The van der Waals surface area contributed by atoms with E-state index in [-0.39, 0.29) is 11.0 Å². The molecule has 5 rings (SSSR count). The van der Waals surface area contributed by atoms with E-state index >= 15 is 0 Å². The number of fused-ring (bicyclic) bond motifs is 1. The first kappa shape index (κ1) is 25.3. The van der Waals surface area contributed by atoms with Gasteiger partial charge in [-0.3, -0.25) is 10.1 Å². The second-order valence-electron chi connectivity index (χ2n) is 8.18. The molecule has 38 heavy (non-hydrogen) atoms. The number of nitrogens with one attached hydrogen (secondary N) is 1. The van der Waals surface area contributed by atoms with Gasteiger partial charge in [-0.2, -0.15) is 0 Å². The summed E-state index contributed by atoms with van der Waals surface area (Å²) < 4.78 is 16.4. The molecular formula is C27H19Cl2N3O6. The number of amides is 1. The van der Waals surface area contributed by atoms with E-state index in [0.717, 1.165) is 5.56 Å². The molecule has 1 atom stereocenters. The fraction of sp³-hybridized carbons (Fsp3) is 0.111. The Balaban J connectivity index is 1.27. The predicted octanol–water partition coefficient (Wildman–Crippen LogP) is 7.01. The molecule has 0 spiro atoms. The molecule has 1 aromatic heterocycles. The number of aromatic nitrogens is 2. The van der Waals surface area contributed by atoms with Crippen LogP contribution < -0.4 is 14.8 Å². The fourth-order valence-electron chi connectivity index (χ4n) is 3.86. The zero-order valence-corrected chi connectivity index (χ0v) is 21.1. The van der Waals surface area contributed by atoms with Gasteiger partial charge >= 0.3 is 6.16 Å². The zero-order chi connectivity index (χ0) is 26.6. The Hall–Kier alpha value is -4.34. The highest BCUT2D eigenvalue weighted by atomic mass is 35.5. The predicted molar refractivity (Wildman–Crippen MR) is 140 cm³/mol. The van der Waals surface area contributed by atoms with Crippen molar-refractivity contribution in [1.82, 2.24) is 9.97 Å². The van der Waals surface area contributed by atoms with Crippen LogP contribution in [-0.4, -0.2) is 33.7 Å². The number of carbonyl (C=O) groups is 2. The van der Waals surface area contributed by atoms with E-state index < -0.39 is 18.2 Å². The molecule has 11 heteroatoms. The molecule has 3 aromatic carbocycles. The Bertz CT molecular complexity index is 1500. The molecule has 1 unspecified atom stereocenters. The molecular weight excluding hydrogens is 533 g/mol. The second-order valence-corrected chi connectivity index (χ2v) is 9.03. The monoisotopic (exact) mass is 551 g/mol. The van der Waals surface area contributed by atoms with Crippen LogP contribution in [0.1, 0.15) is 28.4 Å². The van der Waals surface area contributed by atoms with Crippen molar-refractivity contribution in [2.75, 3.05) is 11.9 Å². The fourth-order valence-corrected chi connectivity index (χ4v) is 4.19. The number of nitrogens with zero attached hydrogens (tertiary/aromatic N) is 2. The van der Waals surface area contributed by atoms with Crippen LogP contribution in [0.4, 0.5) is 10.7 Å². The molecule has 192 valence electrons. The van der Waals surface area contributed by atoms with Crippen molar-refractivity contribution in [3.05, 3.63) is 94.1 Å². The Labute approximate surface area is 226 Å². The van der Waals surface area contributed by atoms with Gasteiger partial charge in [0.2, 0.25) is 5.95 Å². The molecule has 0 bridgehead atoms. The summed E-state index contributed by atoms with van der Waals surface area (Å²) in [7, 11) is 0. The maximum Gasteiger partial charge on any atom is 0.506 e. The van der Waals surface area contributed by atoms with Crippen LogP contribution in [0.3, 0.4) is 0 Å². The van der Waals surface area contributed by atoms with Gasteiger partial charge in [0, 0.05) is 40.4 Å². The Morgan fingerprint density at radius 3 is 2.53 bits per heavy atom. The number of anilines is 1. The van der Waals surface area contributed by atoms with Gasteiger partial charge in [0.15, 0.2) is 0 Å². The van der Waals surface area contributed by atoms with Crippen molar-refractivity contribution in [2.45, 2.75) is 12.5 Å². The first-order chi connectivity index (χ1) is 18.4. The van der Waals surface area contributed by atoms with Crippen LogP contribution in [0.25, 0.3) is 11.3 Å². The van der Waals surface area contributed by atoms with Gasteiger partial charge in [-0.05, 0) is 48.5 Å². The van der Waals surface area contributed by atoms with Crippen molar-refractivity contribution < 1.29 is 28.9 Å². The van der Waals surface area contributed by atoms with E-state index in [9.17, 15) is 9.59 Å². The summed E-state index contributed by atoms with van der Waals surface area (Å²) in [6, 6.07) is 18.5. The van der Waals surface area contributed by atoms with Gasteiger partial charge in [0.1, 0.15) is 23.4 Å². The van der Waals surface area contributed by atoms with Crippen LogP contribution in [0.5, 0.6) is 17.2 Å². The van der Waals surface area contributed by atoms with Crippen LogP contribution in [0, 0.1) is 0 Å². The molecule has 4 aromatic rings. The van der Waals surface area contributed by atoms with Gasteiger partial charge in [0.05, 0.1) is 17.3 Å². The Morgan fingerprint density at radius 2 is 1.79 bits per heavy atom. The van der Waals surface area contributed by atoms with Crippen molar-refractivity contribution in [2.24, 2.45) is 0 Å². The molecule has 0 fully saturated rings. The molecule has 9 nitrogen and oxygen atoms in total. The summed E-state index contributed by atoms with van der Waals surface area (Å²) >= 11 is 12.3. The van der Waals surface area contributed by atoms with Gasteiger partial charge in [-0.15, -0.1) is 0 Å². The van der Waals surface area contributed by atoms with Crippen molar-refractivity contribution in [3.63, 3.8) is 0 Å². The van der Waals surface area contributed by atoms with Gasteiger partial charge in [0.25, 0.3) is 5.91 Å². The first-order valence-electron chi connectivity index (χ1n) is 11.4. The average Bonchev–Trinajstić information content (AvgIpc) is 2.90. The van der Waals surface area contributed by atoms with E-state index in [1.807, 2.05) is 12.1 Å².